The molecule has 0 amide bonds. The summed E-state index contributed by atoms with van der Waals surface area (Å²) in [5, 5.41) is 0. The number of fused-ring (bicyclic) bond motifs is 1. The largest absolute Gasteiger partial charge is 0.0587 e. The highest BCUT2D eigenvalue weighted by molar-refractivity contribution is 5.49. The van der Waals surface area contributed by atoms with E-state index in [1.165, 1.54) is 18.4 Å². The van der Waals surface area contributed by atoms with Crippen molar-refractivity contribution in [2.45, 2.75) is 46.0 Å². The zero-order chi connectivity index (χ0) is 9.64. The van der Waals surface area contributed by atoms with Crippen LogP contribution in [0.15, 0.2) is 12.1 Å². The van der Waals surface area contributed by atoms with Gasteiger partial charge in [-0.2, -0.15) is 0 Å². The van der Waals surface area contributed by atoms with Crippen LogP contribution in [0.1, 0.15) is 43.0 Å². The number of benzene rings is 1. The maximum atomic E-state index is 2.31. The summed E-state index contributed by atoms with van der Waals surface area (Å²) in [6.07, 6.45) is 2.59. The van der Waals surface area contributed by atoms with Gasteiger partial charge in [0.15, 0.2) is 0 Å². The first kappa shape index (κ1) is 8.80. The molecular weight excluding hydrogens is 156 g/mol. The molecule has 0 nitrogen and oxygen atoms in total. The first-order valence-electron chi connectivity index (χ1n) is 5.12. The number of aryl methyl sites for hydroxylation is 1. The second-order valence-corrected chi connectivity index (χ2v) is 5.14. The van der Waals surface area contributed by atoms with E-state index in [9.17, 15) is 0 Å². The Kier molecular flexibility index (Phi) is 1.76. The van der Waals surface area contributed by atoms with Crippen molar-refractivity contribution in [2.75, 3.05) is 0 Å². The minimum absolute atomic E-state index is 0.318. The van der Waals surface area contributed by atoms with Gasteiger partial charge in [0.1, 0.15) is 0 Å². The molecule has 0 radical (unpaired) electrons. The summed E-state index contributed by atoms with van der Waals surface area (Å²) < 4.78 is 0. The lowest BCUT2D eigenvalue weighted by Crippen LogP contribution is -2.21. The summed E-state index contributed by atoms with van der Waals surface area (Å²) in [5.41, 5.74) is 6.60. The Hall–Kier alpha value is -0.780. The Balaban J connectivity index is 2.56. The van der Waals surface area contributed by atoms with Crippen LogP contribution in [0.4, 0.5) is 0 Å². The summed E-state index contributed by atoms with van der Waals surface area (Å²) in [5.74, 6) is 0. The molecule has 0 saturated heterocycles. The average molecular weight is 174 g/mol. The molecule has 13 heavy (non-hydrogen) atoms. The van der Waals surface area contributed by atoms with Crippen molar-refractivity contribution in [3.63, 3.8) is 0 Å². The highest BCUT2D eigenvalue weighted by atomic mass is 14.3. The molecule has 1 aliphatic carbocycles. The molecule has 1 aromatic rings. The van der Waals surface area contributed by atoms with E-state index in [1.54, 1.807) is 16.7 Å². The van der Waals surface area contributed by atoms with Crippen LogP contribution in [-0.4, -0.2) is 0 Å². The van der Waals surface area contributed by atoms with E-state index < -0.39 is 0 Å². The topological polar surface area (TPSA) is 0 Å². The number of hydrogen-bond donors (Lipinski definition) is 0. The SMILES string of the molecule is Cc1ccc(C(C)(C)C)c2c1CC2. The van der Waals surface area contributed by atoms with Gasteiger partial charge in [0.2, 0.25) is 0 Å². The molecule has 0 atom stereocenters. The van der Waals surface area contributed by atoms with Gasteiger partial charge >= 0.3 is 0 Å². The second kappa shape index (κ2) is 2.60. The van der Waals surface area contributed by atoms with E-state index in [4.69, 9.17) is 0 Å². The maximum Gasteiger partial charge on any atom is -0.0129 e. The third-order valence-electron chi connectivity index (χ3n) is 3.10. The minimum atomic E-state index is 0.318. The summed E-state index contributed by atoms with van der Waals surface area (Å²) in [7, 11) is 0. The van der Waals surface area contributed by atoms with Crippen molar-refractivity contribution in [1.29, 1.82) is 0 Å². The highest BCUT2D eigenvalue weighted by Crippen LogP contribution is 2.35. The average Bonchev–Trinajstić information content (AvgIpc) is 1.90. The van der Waals surface area contributed by atoms with Crippen LogP contribution in [0, 0.1) is 6.92 Å². The summed E-state index contributed by atoms with van der Waals surface area (Å²) in [6.45, 7) is 9.13. The smallest absolute Gasteiger partial charge is 0.0129 e. The van der Waals surface area contributed by atoms with Gasteiger partial charge in [-0.1, -0.05) is 32.9 Å². The van der Waals surface area contributed by atoms with Gasteiger partial charge in [0.05, 0.1) is 0 Å². The quantitative estimate of drug-likeness (QED) is 0.565. The summed E-state index contributed by atoms with van der Waals surface area (Å²) in [4.78, 5) is 0. The first-order valence-corrected chi connectivity index (χ1v) is 5.12. The molecule has 1 aliphatic rings. The first-order chi connectivity index (χ1) is 6.00. The van der Waals surface area contributed by atoms with Gasteiger partial charge in [-0.15, -0.1) is 0 Å². The van der Waals surface area contributed by atoms with Crippen LogP contribution in [0.25, 0.3) is 0 Å². The molecule has 70 valence electrons. The molecule has 0 saturated carbocycles. The Morgan fingerprint density at radius 2 is 1.62 bits per heavy atom. The minimum Gasteiger partial charge on any atom is -0.0587 e. The molecule has 0 aromatic heterocycles. The molecule has 0 fully saturated rings. The highest BCUT2D eigenvalue weighted by Gasteiger charge is 2.25. The standard InChI is InChI=1S/C13H18/c1-9-5-8-12(13(2,3)4)11-7-6-10(9)11/h5,8H,6-7H2,1-4H3. The van der Waals surface area contributed by atoms with Gasteiger partial charge in [0, 0.05) is 0 Å². The van der Waals surface area contributed by atoms with E-state index in [-0.39, 0.29) is 0 Å². The zero-order valence-electron chi connectivity index (χ0n) is 9.07. The van der Waals surface area contributed by atoms with Gasteiger partial charge in [-0.05, 0) is 47.4 Å². The van der Waals surface area contributed by atoms with Crippen LogP contribution in [0.5, 0.6) is 0 Å². The summed E-state index contributed by atoms with van der Waals surface area (Å²) >= 11 is 0. The second-order valence-electron chi connectivity index (χ2n) is 5.14. The predicted molar refractivity (Wildman–Crippen MR) is 57.3 cm³/mol. The third kappa shape index (κ3) is 1.29. The predicted octanol–water partition coefficient (Wildman–Crippen LogP) is 3.39. The fourth-order valence-electron chi connectivity index (χ4n) is 2.22. The maximum absolute atomic E-state index is 2.31. The Labute approximate surface area is 81.0 Å². The lowest BCUT2D eigenvalue weighted by molar-refractivity contribution is 0.572. The van der Waals surface area contributed by atoms with Crippen molar-refractivity contribution in [3.05, 3.63) is 34.4 Å². The molecule has 0 heteroatoms. The summed E-state index contributed by atoms with van der Waals surface area (Å²) in [6, 6.07) is 4.59. The molecule has 0 spiro atoms. The fourth-order valence-corrected chi connectivity index (χ4v) is 2.22. The van der Waals surface area contributed by atoms with Crippen LogP contribution in [-0.2, 0) is 18.3 Å². The number of rotatable bonds is 0. The van der Waals surface area contributed by atoms with Gasteiger partial charge in [-0.3, -0.25) is 0 Å². The lowest BCUT2D eigenvalue weighted by atomic mass is 9.74. The fraction of sp³-hybridized carbons (Fsp3) is 0.538. The normalized spacial score (nSPS) is 15.1. The van der Waals surface area contributed by atoms with Gasteiger partial charge in [0.25, 0.3) is 0 Å². The molecule has 0 bridgehead atoms. The van der Waals surface area contributed by atoms with Crippen molar-refractivity contribution < 1.29 is 0 Å². The molecule has 0 heterocycles. The van der Waals surface area contributed by atoms with Crippen LogP contribution >= 0.6 is 0 Å². The Morgan fingerprint density at radius 1 is 1.00 bits per heavy atom. The lowest BCUT2D eigenvalue weighted by Gasteiger charge is -2.31. The zero-order valence-corrected chi connectivity index (χ0v) is 9.07. The van der Waals surface area contributed by atoms with Crippen molar-refractivity contribution in [1.82, 2.24) is 0 Å². The van der Waals surface area contributed by atoms with Gasteiger partial charge < -0.3 is 0 Å². The molecule has 0 aliphatic heterocycles. The molecular formula is C13H18. The van der Waals surface area contributed by atoms with E-state index in [2.05, 4.69) is 39.8 Å². The Morgan fingerprint density at radius 3 is 2.08 bits per heavy atom. The third-order valence-corrected chi connectivity index (χ3v) is 3.10. The van der Waals surface area contributed by atoms with Crippen LogP contribution in [0.2, 0.25) is 0 Å². The molecule has 0 N–H and O–H groups in total. The molecule has 2 rings (SSSR count). The molecule has 0 unspecified atom stereocenters. The van der Waals surface area contributed by atoms with E-state index >= 15 is 0 Å². The monoisotopic (exact) mass is 174 g/mol. The Bertz CT molecular complexity index is 340. The van der Waals surface area contributed by atoms with Crippen molar-refractivity contribution >= 4 is 0 Å². The van der Waals surface area contributed by atoms with E-state index in [0.29, 0.717) is 5.41 Å². The molecule has 1 aromatic carbocycles. The van der Waals surface area contributed by atoms with Crippen LogP contribution in [0.3, 0.4) is 0 Å². The van der Waals surface area contributed by atoms with Crippen molar-refractivity contribution in [2.24, 2.45) is 0 Å². The number of hydrogen-bond acceptors (Lipinski definition) is 0. The van der Waals surface area contributed by atoms with E-state index in [1.807, 2.05) is 0 Å². The van der Waals surface area contributed by atoms with Crippen LogP contribution < -0.4 is 0 Å². The van der Waals surface area contributed by atoms with Crippen molar-refractivity contribution in [3.8, 4) is 0 Å². The van der Waals surface area contributed by atoms with E-state index in [0.717, 1.165) is 0 Å². The van der Waals surface area contributed by atoms with Gasteiger partial charge in [-0.25, -0.2) is 0 Å².